The maximum atomic E-state index is 5.72. The molecule has 80 valence electrons. The quantitative estimate of drug-likeness (QED) is 0.722. The fourth-order valence-corrected chi connectivity index (χ4v) is 2.56. The molecule has 0 saturated carbocycles. The van der Waals surface area contributed by atoms with Gasteiger partial charge in [0.15, 0.2) is 11.5 Å². The summed E-state index contributed by atoms with van der Waals surface area (Å²) in [6.07, 6.45) is 1.41. The molecule has 0 aliphatic heterocycles. The fourth-order valence-electron chi connectivity index (χ4n) is 1.42. The molecule has 3 N–H and O–H groups in total. The molecule has 5 nitrogen and oxygen atoms in total. The first-order valence-corrected chi connectivity index (χ1v) is 6.12. The zero-order valence-corrected chi connectivity index (χ0v) is 10.3. The summed E-state index contributed by atoms with van der Waals surface area (Å²) in [4.78, 5) is 15.4. The Hall–Kier alpha value is -1.47. The third kappa shape index (κ3) is 1.48. The van der Waals surface area contributed by atoms with Crippen molar-refractivity contribution < 1.29 is 0 Å². The lowest BCUT2D eigenvalue weighted by molar-refractivity contribution is 1.21. The summed E-state index contributed by atoms with van der Waals surface area (Å²) >= 11 is 5.01. The molecule has 0 aromatic carbocycles. The lowest BCUT2D eigenvalue weighted by Crippen LogP contribution is -1.91. The Labute approximate surface area is 103 Å². The van der Waals surface area contributed by atoms with E-state index in [9.17, 15) is 0 Å². The van der Waals surface area contributed by atoms with E-state index in [2.05, 4.69) is 35.9 Å². The van der Waals surface area contributed by atoms with Crippen LogP contribution in [0.25, 0.3) is 22.6 Å². The van der Waals surface area contributed by atoms with Crippen molar-refractivity contribution in [2.24, 2.45) is 0 Å². The third-order valence-electron chi connectivity index (χ3n) is 2.16. The molecule has 0 aliphatic carbocycles. The predicted molar refractivity (Wildman–Crippen MR) is 67.1 cm³/mol. The topological polar surface area (TPSA) is 80.5 Å². The molecule has 0 spiro atoms. The van der Waals surface area contributed by atoms with Gasteiger partial charge >= 0.3 is 0 Å². The number of nitrogen functional groups attached to an aromatic ring is 1. The first-order valence-electron chi connectivity index (χ1n) is 4.44. The molecule has 0 bridgehead atoms. The average molecular weight is 296 g/mol. The monoisotopic (exact) mass is 295 g/mol. The van der Waals surface area contributed by atoms with Crippen LogP contribution in [0.5, 0.6) is 0 Å². The van der Waals surface area contributed by atoms with Gasteiger partial charge in [0.05, 0.1) is 3.79 Å². The summed E-state index contributed by atoms with van der Waals surface area (Å²) in [5.41, 5.74) is 8.00. The number of imidazole rings is 1. The molecular formula is C9H6BrN5S. The molecule has 0 aliphatic rings. The number of nitrogens with two attached hydrogens (primary N) is 1. The lowest BCUT2D eigenvalue weighted by atomic mass is 10.3. The van der Waals surface area contributed by atoms with Crippen LogP contribution in [0.2, 0.25) is 0 Å². The Kier molecular flexibility index (Phi) is 2.15. The van der Waals surface area contributed by atoms with E-state index in [4.69, 9.17) is 5.73 Å². The Morgan fingerprint density at radius 1 is 1.38 bits per heavy atom. The van der Waals surface area contributed by atoms with E-state index in [1.54, 1.807) is 11.3 Å². The number of nitrogens with one attached hydrogen (secondary N) is 1. The highest BCUT2D eigenvalue weighted by molar-refractivity contribution is 9.11. The summed E-state index contributed by atoms with van der Waals surface area (Å²) in [6.45, 7) is 0. The first kappa shape index (κ1) is 9.73. The first-order chi connectivity index (χ1) is 7.74. The van der Waals surface area contributed by atoms with E-state index in [1.165, 1.54) is 6.33 Å². The highest BCUT2D eigenvalue weighted by Gasteiger charge is 2.09. The number of aromatic nitrogens is 4. The minimum Gasteiger partial charge on any atom is -0.382 e. The van der Waals surface area contributed by atoms with Gasteiger partial charge in [-0.2, -0.15) is 0 Å². The Balaban J connectivity index is 2.22. The number of rotatable bonds is 1. The molecule has 16 heavy (non-hydrogen) atoms. The van der Waals surface area contributed by atoms with Crippen molar-refractivity contribution in [2.75, 3.05) is 5.73 Å². The number of H-pyrrole nitrogens is 1. The van der Waals surface area contributed by atoms with Crippen molar-refractivity contribution >= 4 is 44.2 Å². The van der Waals surface area contributed by atoms with E-state index >= 15 is 0 Å². The number of aromatic amines is 1. The van der Waals surface area contributed by atoms with Crippen LogP contribution in [0.15, 0.2) is 21.6 Å². The highest BCUT2D eigenvalue weighted by atomic mass is 79.9. The fraction of sp³-hybridized carbons (Fsp3) is 0. The molecule has 0 saturated heterocycles. The van der Waals surface area contributed by atoms with E-state index in [-0.39, 0.29) is 0 Å². The maximum absolute atomic E-state index is 5.72. The Morgan fingerprint density at radius 2 is 2.25 bits per heavy atom. The Bertz CT molecular complexity index is 659. The van der Waals surface area contributed by atoms with E-state index in [0.717, 1.165) is 15.2 Å². The van der Waals surface area contributed by atoms with Gasteiger partial charge in [-0.25, -0.2) is 15.0 Å². The molecular weight excluding hydrogens is 290 g/mol. The van der Waals surface area contributed by atoms with Crippen molar-refractivity contribution in [3.8, 4) is 11.4 Å². The van der Waals surface area contributed by atoms with Gasteiger partial charge in [0, 0.05) is 10.9 Å². The highest BCUT2D eigenvalue weighted by Crippen LogP contribution is 2.28. The van der Waals surface area contributed by atoms with Crippen molar-refractivity contribution in [1.82, 2.24) is 19.9 Å². The average Bonchev–Trinajstić information content (AvgIpc) is 2.84. The van der Waals surface area contributed by atoms with Gasteiger partial charge in [-0.15, -0.1) is 11.3 Å². The van der Waals surface area contributed by atoms with Crippen molar-refractivity contribution in [2.45, 2.75) is 0 Å². The number of nitrogens with zero attached hydrogens (tertiary/aromatic N) is 3. The third-order valence-corrected chi connectivity index (χ3v) is 3.66. The molecule has 3 aromatic rings. The minimum absolute atomic E-state index is 0.415. The molecule has 3 rings (SSSR count). The zero-order valence-electron chi connectivity index (χ0n) is 7.94. The zero-order chi connectivity index (χ0) is 11.1. The van der Waals surface area contributed by atoms with Crippen LogP contribution < -0.4 is 5.73 Å². The molecule has 0 radical (unpaired) electrons. The molecule has 0 amide bonds. The molecule has 0 unspecified atom stereocenters. The molecule has 3 heterocycles. The number of halogens is 1. The van der Waals surface area contributed by atoms with Gasteiger partial charge in [-0.05, 0) is 22.0 Å². The van der Waals surface area contributed by atoms with Gasteiger partial charge in [-0.1, -0.05) is 0 Å². The van der Waals surface area contributed by atoms with Gasteiger partial charge < -0.3 is 10.7 Å². The molecule has 0 atom stereocenters. The molecule has 3 aromatic heterocycles. The van der Waals surface area contributed by atoms with Crippen LogP contribution in [-0.2, 0) is 0 Å². The van der Waals surface area contributed by atoms with Crippen LogP contribution in [0.4, 0.5) is 5.82 Å². The van der Waals surface area contributed by atoms with Crippen molar-refractivity contribution in [3.63, 3.8) is 0 Å². The molecule has 7 heteroatoms. The summed E-state index contributed by atoms with van der Waals surface area (Å²) in [5, 5.41) is 2.01. The number of thiophene rings is 1. The predicted octanol–water partition coefficient (Wildman–Crippen LogP) is 2.43. The standard InChI is InChI=1S/C9H6BrN5S/c10-5-1-4(2-16-5)8-14-6-7(11)12-3-13-9(6)15-8/h1-3H,(H3,11,12,13,14,15). The van der Waals surface area contributed by atoms with Crippen molar-refractivity contribution in [3.05, 3.63) is 21.6 Å². The van der Waals surface area contributed by atoms with Crippen molar-refractivity contribution in [1.29, 1.82) is 0 Å². The second-order valence-corrected chi connectivity index (χ2v) is 5.47. The summed E-state index contributed by atoms with van der Waals surface area (Å²) in [7, 11) is 0. The minimum atomic E-state index is 0.415. The SMILES string of the molecule is Nc1ncnc2nc(-c3csc(Br)c3)[nH]c12. The van der Waals surface area contributed by atoms with E-state index in [1.807, 2.05) is 11.4 Å². The van der Waals surface area contributed by atoms with Crippen LogP contribution in [0.1, 0.15) is 0 Å². The number of fused-ring (bicyclic) bond motifs is 1. The second-order valence-electron chi connectivity index (χ2n) is 3.18. The van der Waals surface area contributed by atoms with E-state index < -0.39 is 0 Å². The van der Waals surface area contributed by atoms with Gasteiger partial charge in [-0.3, -0.25) is 0 Å². The molecule has 0 fully saturated rings. The maximum Gasteiger partial charge on any atom is 0.183 e. The number of hydrogen-bond acceptors (Lipinski definition) is 5. The van der Waals surface area contributed by atoms with Gasteiger partial charge in [0.2, 0.25) is 0 Å². The normalized spacial score (nSPS) is 11.1. The smallest absolute Gasteiger partial charge is 0.183 e. The van der Waals surface area contributed by atoms with Crippen LogP contribution >= 0.6 is 27.3 Å². The number of hydrogen-bond donors (Lipinski definition) is 2. The van der Waals surface area contributed by atoms with Crippen LogP contribution in [-0.4, -0.2) is 19.9 Å². The van der Waals surface area contributed by atoms with Gasteiger partial charge in [0.1, 0.15) is 17.7 Å². The van der Waals surface area contributed by atoms with Crippen LogP contribution in [0.3, 0.4) is 0 Å². The second kappa shape index (κ2) is 3.53. The van der Waals surface area contributed by atoms with Gasteiger partial charge in [0.25, 0.3) is 0 Å². The summed E-state index contributed by atoms with van der Waals surface area (Å²) < 4.78 is 1.06. The summed E-state index contributed by atoms with van der Waals surface area (Å²) in [5.74, 6) is 1.17. The number of anilines is 1. The van der Waals surface area contributed by atoms with Crippen LogP contribution in [0, 0.1) is 0 Å². The van der Waals surface area contributed by atoms with E-state index in [0.29, 0.717) is 17.0 Å². The summed E-state index contributed by atoms with van der Waals surface area (Å²) in [6, 6.07) is 1.99. The Morgan fingerprint density at radius 3 is 2.94 bits per heavy atom. The largest absolute Gasteiger partial charge is 0.382 e. The lowest BCUT2D eigenvalue weighted by Gasteiger charge is -1.90.